The van der Waals surface area contributed by atoms with E-state index >= 15 is 0 Å². The van der Waals surface area contributed by atoms with Gasteiger partial charge < -0.3 is 4.74 Å². The molecule has 92 valence electrons. The Balaban J connectivity index is 2.21. The smallest absolute Gasteiger partial charge is 0.151 e. The molecule has 0 radical (unpaired) electrons. The third kappa shape index (κ3) is 5.95. The Morgan fingerprint density at radius 1 is 1.44 bits per heavy atom. The Kier molecular flexibility index (Phi) is 5.91. The van der Waals surface area contributed by atoms with Crippen LogP contribution in [-0.2, 0) is 17.9 Å². The van der Waals surface area contributed by atoms with Crippen molar-refractivity contribution < 1.29 is 4.74 Å². The third-order valence-corrected chi connectivity index (χ3v) is 4.37. The van der Waals surface area contributed by atoms with Gasteiger partial charge in [0.1, 0.15) is 13.1 Å². The Labute approximate surface area is 112 Å². The van der Waals surface area contributed by atoms with Gasteiger partial charge in [-0.2, -0.15) is 5.10 Å². The summed E-state index contributed by atoms with van der Waals surface area (Å²) in [5.41, 5.74) is 0. The highest BCUT2D eigenvalue weighted by Crippen LogP contribution is 2.07. The third-order valence-electron chi connectivity index (χ3n) is 2.12. The maximum absolute atomic E-state index is 5.58. The zero-order valence-corrected chi connectivity index (χ0v) is 13.4. The first-order chi connectivity index (χ1) is 7.51. The van der Waals surface area contributed by atoms with Crippen molar-refractivity contribution in [1.29, 1.82) is 0 Å². The summed E-state index contributed by atoms with van der Waals surface area (Å²) in [6, 6.07) is 1.20. The Morgan fingerprint density at radius 3 is 2.81 bits per heavy atom. The normalized spacial score (nSPS) is 12.0. The SMILES string of the molecule is C[Si](C)(C)CCOCn1cnc(CCI)n1. The van der Waals surface area contributed by atoms with Crippen molar-refractivity contribution in [3.63, 3.8) is 0 Å². The van der Waals surface area contributed by atoms with Crippen molar-refractivity contribution in [3.8, 4) is 0 Å². The van der Waals surface area contributed by atoms with Crippen molar-refractivity contribution >= 4 is 30.7 Å². The van der Waals surface area contributed by atoms with E-state index in [4.69, 9.17) is 4.74 Å². The second-order valence-electron chi connectivity index (χ2n) is 4.99. The summed E-state index contributed by atoms with van der Waals surface area (Å²) in [7, 11) is -0.974. The monoisotopic (exact) mass is 353 g/mol. The van der Waals surface area contributed by atoms with Gasteiger partial charge in [0.05, 0.1) is 0 Å². The molecular weight excluding hydrogens is 333 g/mol. The molecule has 1 rings (SSSR count). The molecule has 6 heteroatoms. The molecule has 1 aromatic rings. The topological polar surface area (TPSA) is 39.9 Å². The molecule has 0 spiro atoms. The molecule has 0 bridgehead atoms. The summed E-state index contributed by atoms with van der Waals surface area (Å²) in [6.07, 6.45) is 2.68. The Morgan fingerprint density at radius 2 is 2.19 bits per heavy atom. The van der Waals surface area contributed by atoms with Gasteiger partial charge in [0, 0.05) is 25.5 Å². The summed E-state index contributed by atoms with van der Waals surface area (Å²) in [5.74, 6) is 0.906. The standard InChI is InChI=1S/C10H20IN3OSi/c1-16(2,3)7-6-15-9-14-8-12-10(13-14)4-5-11/h8H,4-7,9H2,1-3H3. The molecule has 0 fully saturated rings. The van der Waals surface area contributed by atoms with Crippen LogP contribution in [0.1, 0.15) is 5.82 Å². The molecule has 0 saturated carbocycles. The first kappa shape index (κ1) is 14.1. The maximum atomic E-state index is 5.58. The zero-order chi connectivity index (χ0) is 12.0. The quantitative estimate of drug-likeness (QED) is 0.327. The van der Waals surface area contributed by atoms with Gasteiger partial charge in [0.15, 0.2) is 5.82 Å². The second kappa shape index (κ2) is 6.70. The molecule has 0 aliphatic carbocycles. The van der Waals surface area contributed by atoms with Gasteiger partial charge in [0.2, 0.25) is 0 Å². The van der Waals surface area contributed by atoms with Gasteiger partial charge >= 0.3 is 0 Å². The van der Waals surface area contributed by atoms with Crippen molar-refractivity contribution in [2.45, 2.75) is 38.8 Å². The van der Waals surface area contributed by atoms with Crippen LogP contribution in [0.25, 0.3) is 0 Å². The van der Waals surface area contributed by atoms with Gasteiger partial charge in [-0.1, -0.05) is 42.2 Å². The number of halogens is 1. The summed E-state index contributed by atoms with van der Waals surface area (Å²) < 4.78 is 8.40. The van der Waals surface area contributed by atoms with Gasteiger partial charge in [-0.05, 0) is 6.04 Å². The lowest BCUT2D eigenvalue weighted by Gasteiger charge is -2.15. The average molecular weight is 353 g/mol. The average Bonchev–Trinajstić information content (AvgIpc) is 2.60. The number of ether oxygens (including phenoxy) is 1. The van der Waals surface area contributed by atoms with Crippen molar-refractivity contribution in [2.75, 3.05) is 11.0 Å². The lowest BCUT2D eigenvalue weighted by Crippen LogP contribution is -2.22. The first-order valence-corrected chi connectivity index (χ1v) is 10.8. The largest absolute Gasteiger partial charge is 0.359 e. The fourth-order valence-electron chi connectivity index (χ4n) is 1.13. The molecule has 16 heavy (non-hydrogen) atoms. The molecule has 0 saturated heterocycles. The molecule has 0 amide bonds. The van der Waals surface area contributed by atoms with Crippen molar-refractivity contribution in [1.82, 2.24) is 14.8 Å². The van der Waals surface area contributed by atoms with Crippen LogP contribution in [0.2, 0.25) is 25.7 Å². The van der Waals surface area contributed by atoms with Crippen LogP contribution in [-0.4, -0.2) is 33.9 Å². The number of alkyl halides is 1. The van der Waals surface area contributed by atoms with Crippen LogP contribution >= 0.6 is 22.6 Å². The number of nitrogens with zero attached hydrogens (tertiary/aromatic N) is 3. The predicted molar refractivity (Wildman–Crippen MR) is 76.7 cm³/mol. The highest BCUT2D eigenvalue weighted by atomic mass is 127. The van der Waals surface area contributed by atoms with Crippen LogP contribution < -0.4 is 0 Å². The van der Waals surface area contributed by atoms with Crippen LogP contribution in [0, 0.1) is 0 Å². The lowest BCUT2D eigenvalue weighted by atomic mass is 10.5. The zero-order valence-electron chi connectivity index (χ0n) is 10.2. The predicted octanol–water partition coefficient (Wildman–Crippen LogP) is 2.57. The number of rotatable bonds is 7. The van der Waals surface area contributed by atoms with Gasteiger partial charge in [0.25, 0.3) is 0 Å². The Hall–Kier alpha value is 0.0469. The van der Waals surface area contributed by atoms with Crippen molar-refractivity contribution in [2.24, 2.45) is 0 Å². The molecule has 1 heterocycles. The van der Waals surface area contributed by atoms with Crippen LogP contribution in [0.3, 0.4) is 0 Å². The molecular formula is C10H20IN3OSi. The summed E-state index contributed by atoms with van der Waals surface area (Å²) in [6.45, 7) is 8.41. The molecule has 0 N–H and O–H groups in total. The van der Waals surface area contributed by atoms with Crippen LogP contribution in [0.15, 0.2) is 6.33 Å². The van der Waals surface area contributed by atoms with E-state index in [1.165, 1.54) is 6.04 Å². The Bertz CT molecular complexity index is 311. The second-order valence-corrected chi connectivity index (χ2v) is 11.7. The minimum absolute atomic E-state index is 0.527. The number of aryl methyl sites for hydroxylation is 1. The molecule has 0 aliphatic rings. The van der Waals surface area contributed by atoms with Gasteiger partial charge in [-0.15, -0.1) is 0 Å². The van der Waals surface area contributed by atoms with E-state index in [1.807, 2.05) is 0 Å². The van der Waals surface area contributed by atoms with E-state index in [-0.39, 0.29) is 0 Å². The first-order valence-electron chi connectivity index (χ1n) is 5.53. The van der Waals surface area contributed by atoms with E-state index in [2.05, 4.69) is 52.3 Å². The highest BCUT2D eigenvalue weighted by Gasteiger charge is 2.12. The summed E-state index contributed by atoms with van der Waals surface area (Å²) in [5, 5.41) is 4.32. The minimum Gasteiger partial charge on any atom is -0.359 e. The maximum Gasteiger partial charge on any atom is 0.151 e. The highest BCUT2D eigenvalue weighted by molar-refractivity contribution is 14.1. The van der Waals surface area contributed by atoms with Crippen LogP contribution in [0.4, 0.5) is 0 Å². The fraction of sp³-hybridized carbons (Fsp3) is 0.800. The molecule has 0 atom stereocenters. The summed E-state index contributed by atoms with van der Waals surface area (Å²) in [4.78, 5) is 4.21. The van der Waals surface area contributed by atoms with Crippen LogP contribution in [0.5, 0.6) is 0 Å². The number of hydrogen-bond acceptors (Lipinski definition) is 3. The molecule has 0 aliphatic heterocycles. The minimum atomic E-state index is -0.974. The fourth-order valence-corrected chi connectivity index (χ4v) is 2.37. The lowest BCUT2D eigenvalue weighted by molar-refractivity contribution is 0.0781. The number of aromatic nitrogens is 3. The summed E-state index contributed by atoms with van der Waals surface area (Å²) >= 11 is 2.33. The van der Waals surface area contributed by atoms with E-state index in [9.17, 15) is 0 Å². The molecule has 0 unspecified atom stereocenters. The van der Waals surface area contributed by atoms with E-state index in [1.54, 1.807) is 11.0 Å². The van der Waals surface area contributed by atoms with Gasteiger partial charge in [-0.3, -0.25) is 0 Å². The van der Waals surface area contributed by atoms with E-state index in [0.717, 1.165) is 23.3 Å². The molecule has 0 aromatic carbocycles. The van der Waals surface area contributed by atoms with E-state index < -0.39 is 8.07 Å². The molecule has 1 aromatic heterocycles. The van der Waals surface area contributed by atoms with Gasteiger partial charge in [-0.25, -0.2) is 9.67 Å². The van der Waals surface area contributed by atoms with Crippen molar-refractivity contribution in [3.05, 3.63) is 12.2 Å². The number of hydrogen-bond donors (Lipinski definition) is 0. The molecule has 4 nitrogen and oxygen atoms in total. The van der Waals surface area contributed by atoms with E-state index in [0.29, 0.717) is 6.73 Å².